The molecule has 1 saturated carbocycles. The number of hydrogen-bond donors (Lipinski definition) is 0. The van der Waals surface area contributed by atoms with Gasteiger partial charge in [-0.15, -0.1) is 0 Å². The van der Waals surface area contributed by atoms with E-state index in [9.17, 15) is 9.18 Å². The first-order valence-electron chi connectivity index (χ1n) is 9.61. The number of nitrogens with zero attached hydrogens (tertiary/aromatic N) is 3. The molecule has 0 spiro atoms. The number of carbonyl (C=O) groups is 1. The van der Waals surface area contributed by atoms with Gasteiger partial charge in [0.25, 0.3) is 0 Å². The maximum absolute atomic E-state index is 13.5. The van der Waals surface area contributed by atoms with Crippen LogP contribution in [0.4, 0.5) is 4.39 Å². The summed E-state index contributed by atoms with van der Waals surface area (Å²) in [5.74, 6) is -0.254. The number of aromatic nitrogens is 3. The third kappa shape index (κ3) is 3.03. The lowest BCUT2D eigenvalue weighted by atomic mass is 9.85. The van der Waals surface area contributed by atoms with Gasteiger partial charge in [-0.3, -0.25) is 0 Å². The first-order valence-corrected chi connectivity index (χ1v) is 9.61. The number of halogens is 1. The third-order valence-electron chi connectivity index (χ3n) is 5.47. The minimum Gasteiger partial charge on any atom is -0.462 e. The van der Waals surface area contributed by atoms with Gasteiger partial charge in [0, 0.05) is 18.5 Å². The van der Waals surface area contributed by atoms with Crippen molar-refractivity contribution in [1.82, 2.24) is 14.2 Å². The van der Waals surface area contributed by atoms with Crippen molar-refractivity contribution >= 4 is 11.6 Å². The number of ether oxygens (including phenoxy) is 1. The number of fused-ring (bicyclic) bond motifs is 1. The molecule has 1 aliphatic carbocycles. The first-order chi connectivity index (χ1) is 13.1. The minimum atomic E-state index is -0.367. The van der Waals surface area contributed by atoms with Crippen molar-refractivity contribution < 1.29 is 13.9 Å². The van der Waals surface area contributed by atoms with Crippen molar-refractivity contribution in [2.45, 2.75) is 44.9 Å². The van der Waals surface area contributed by atoms with Gasteiger partial charge in [0.1, 0.15) is 11.4 Å². The van der Waals surface area contributed by atoms with Crippen molar-refractivity contribution in [3.63, 3.8) is 0 Å². The van der Waals surface area contributed by atoms with E-state index in [4.69, 9.17) is 4.74 Å². The second kappa shape index (κ2) is 7.18. The standard InChI is InChI=1S/C21H24FN3O2/c1-3-27-21(26)17-13-23-25-19(14-7-5-4-6-8-14)18(24(2)20(17)25)15-9-11-16(22)12-10-15/h9-14H,3-8H2,1-2H3. The highest BCUT2D eigenvalue weighted by atomic mass is 19.1. The van der Waals surface area contributed by atoms with Crippen LogP contribution in [0.15, 0.2) is 30.5 Å². The molecule has 27 heavy (non-hydrogen) atoms. The summed E-state index contributed by atoms with van der Waals surface area (Å²) in [6.07, 6.45) is 7.43. The van der Waals surface area contributed by atoms with Crippen LogP contribution < -0.4 is 0 Å². The molecule has 0 saturated heterocycles. The van der Waals surface area contributed by atoms with Gasteiger partial charge in [-0.25, -0.2) is 13.7 Å². The molecule has 142 valence electrons. The quantitative estimate of drug-likeness (QED) is 0.626. The molecule has 0 radical (unpaired) electrons. The minimum absolute atomic E-state index is 0.260. The number of carbonyl (C=O) groups excluding carboxylic acids is 1. The number of hydrogen-bond acceptors (Lipinski definition) is 3. The average molecular weight is 369 g/mol. The van der Waals surface area contributed by atoms with Crippen LogP contribution in [-0.4, -0.2) is 26.8 Å². The van der Waals surface area contributed by atoms with Gasteiger partial charge >= 0.3 is 5.97 Å². The molecule has 0 N–H and O–H groups in total. The first kappa shape index (κ1) is 17.8. The summed E-state index contributed by atoms with van der Waals surface area (Å²) in [5.41, 5.74) is 4.22. The monoisotopic (exact) mass is 369 g/mol. The maximum Gasteiger partial charge on any atom is 0.343 e. The Balaban J connectivity index is 1.95. The van der Waals surface area contributed by atoms with Crippen LogP contribution in [0.1, 0.15) is 61.0 Å². The normalized spacial score (nSPS) is 15.4. The zero-order valence-electron chi connectivity index (χ0n) is 15.7. The Morgan fingerprint density at radius 2 is 1.93 bits per heavy atom. The number of aryl methyl sites for hydroxylation is 1. The Morgan fingerprint density at radius 1 is 1.22 bits per heavy atom. The van der Waals surface area contributed by atoms with E-state index in [0.29, 0.717) is 18.1 Å². The summed E-state index contributed by atoms with van der Waals surface area (Å²) in [5, 5.41) is 4.54. The van der Waals surface area contributed by atoms with E-state index < -0.39 is 0 Å². The molecule has 3 aromatic rings. The molecule has 1 aliphatic rings. The topological polar surface area (TPSA) is 48.5 Å². The van der Waals surface area contributed by atoms with Crippen LogP contribution in [0.5, 0.6) is 0 Å². The lowest BCUT2D eigenvalue weighted by Crippen LogP contribution is -2.09. The van der Waals surface area contributed by atoms with Crippen LogP contribution in [-0.2, 0) is 11.8 Å². The lowest BCUT2D eigenvalue weighted by Gasteiger charge is -2.22. The summed E-state index contributed by atoms with van der Waals surface area (Å²) >= 11 is 0. The molecule has 1 aromatic carbocycles. The van der Waals surface area contributed by atoms with Crippen molar-refractivity contribution in [1.29, 1.82) is 0 Å². The van der Waals surface area contributed by atoms with E-state index in [2.05, 4.69) is 5.10 Å². The molecular weight excluding hydrogens is 345 g/mol. The van der Waals surface area contributed by atoms with Crippen LogP contribution in [0.3, 0.4) is 0 Å². The fourth-order valence-electron chi connectivity index (χ4n) is 4.26. The van der Waals surface area contributed by atoms with E-state index in [1.54, 1.807) is 25.3 Å². The second-order valence-electron chi connectivity index (χ2n) is 7.15. The Morgan fingerprint density at radius 3 is 2.59 bits per heavy atom. The third-order valence-corrected chi connectivity index (χ3v) is 5.47. The molecule has 1 fully saturated rings. The molecule has 4 rings (SSSR count). The molecular formula is C21H24FN3O2. The highest BCUT2D eigenvalue weighted by Crippen LogP contribution is 2.40. The van der Waals surface area contributed by atoms with E-state index in [0.717, 1.165) is 35.4 Å². The SMILES string of the molecule is CCOC(=O)c1cnn2c(C3CCCCC3)c(-c3ccc(F)cc3)n(C)c12. The fourth-order valence-corrected chi connectivity index (χ4v) is 4.26. The van der Waals surface area contributed by atoms with Gasteiger partial charge in [-0.1, -0.05) is 19.3 Å². The summed E-state index contributed by atoms with van der Waals surface area (Å²) in [4.78, 5) is 12.4. The van der Waals surface area contributed by atoms with Crippen LogP contribution >= 0.6 is 0 Å². The van der Waals surface area contributed by atoms with Crippen molar-refractivity contribution in [3.05, 3.63) is 47.5 Å². The predicted molar refractivity (Wildman–Crippen MR) is 101 cm³/mol. The van der Waals surface area contributed by atoms with Gasteiger partial charge in [-0.05, 0) is 44.0 Å². The smallest absolute Gasteiger partial charge is 0.343 e. The van der Waals surface area contributed by atoms with Gasteiger partial charge in [0.15, 0.2) is 5.65 Å². The second-order valence-corrected chi connectivity index (χ2v) is 7.15. The van der Waals surface area contributed by atoms with Crippen LogP contribution in [0, 0.1) is 5.82 Å². The summed E-state index contributed by atoms with van der Waals surface area (Å²) in [6.45, 7) is 2.11. The molecule has 0 unspecified atom stereocenters. The van der Waals surface area contributed by atoms with Gasteiger partial charge < -0.3 is 9.30 Å². The highest BCUT2D eigenvalue weighted by molar-refractivity contribution is 5.96. The van der Waals surface area contributed by atoms with E-state index in [1.165, 1.54) is 31.4 Å². The van der Waals surface area contributed by atoms with Crippen LogP contribution in [0.2, 0.25) is 0 Å². The average Bonchev–Trinajstić information content (AvgIpc) is 3.23. The zero-order valence-corrected chi connectivity index (χ0v) is 15.7. The van der Waals surface area contributed by atoms with E-state index >= 15 is 0 Å². The molecule has 0 atom stereocenters. The van der Waals surface area contributed by atoms with Gasteiger partial charge in [0.2, 0.25) is 0 Å². The Hall–Kier alpha value is -2.63. The van der Waals surface area contributed by atoms with Gasteiger partial charge in [-0.2, -0.15) is 5.10 Å². The number of benzene rings is 1. The predicted octanol–water partition coefficient (Wildman–Crippen LogP) is 4.70. The largest absolute Gasteiger partial charge is 0.462 e. The highest BCUT2D eigenvalue weighted by Gasteiger charge is 2.29. The van der Waals surface area contributed by atoms with Crippen molar-refractivity contribution in [2.75, 3.05) is 6.61 Å². The Bertz CT molecular complexity index is 966. The Labute approximate surface area is 157 Å². The molecule has 0 bridgehead atoms. The lowest BCUT2D eigenvalue weighted by molar-refractivity contribution is 0.0528. The number of imidazole rings is 1. The summed E-state index contributed by atoms with van der Waals surface area (Å²) in [6, 6.07) is 6.53. The fraction of sp³-hybridized carbons (Fsp3) is 0.429. The maximum atomic E-state index is 13.5. The Kier molecular flexibility index (Phi) is 4.72. The van der Waals surface area contributed by atoms with Crippen LogP contribution in [0.25, 0.3) is 16.9 Å². The number of rotatable bonds is 4. The molecule has 6 heteroatoms. The number of esters is 1. The summed E-state index contributed by atoms with van der Waals surface area (Å²) < 4.78 is 22.6. The zero-order chi connectivity index (χ0) is 19.0. The molecule has 2 aromatic heterocycles. The molecule has 2 heterocycles. The van der Waals surface area contributed by atoms with Gasteiger partial charge in [0.05, 0.1) is 24.2 Å². The molecule has 0 amide bonds. The van der Waals surface area contributed by atoms with Crippen molar-refractivity contribution in [3.8, 4) is 11.3 Å². The van der Waals surface area contributed by atoms with Crippen molar-refractivity contribution in [2.24, 2.45) is 7.05 Å². The molecule has 0 aliphatic heterocycles. The molecule has 5 nitrogen and oxygen atoms in total. The van der Waals surface area contributed by atoms with E-state index in [-0.39, 0.29) is 11.8 Å². The summed E-state index contributed by atoms with van der Waals surface area (Å²) in [7, 11) is 1.94. The van der Waals surface area contributed by atoms with E-state index in [1.807, 2.05) is 16.1 Å².